The van der Waals surface area contributed by atoms with Crippen LogP contribution in [0.4, 0.5) is 4.39 Å². The van der Waals surface area contributed by atoms with E-state index in [2.05, 4.69) is 5.32 Å². The number of hydrogen-bond donors (Lipinski definition) is 1. The lowest BCUT2D eigenvalue weighted by Gasteiger charge is -2.34. The first-order valence-corrected chi connectivity index (χ1v) is 7.53. The van der Waals surface area contributed by atoms with Gasteiger partial charge in [0.25, 0.3) is 5.91 Å². The molecule has 1 atom stereocenters. The second-order valence-electron chi connectivity index (χ2n) is 5.80. The van der Waals surface area contributed by atoms with Crippen LogP contribution in [0.25, 0.3) is 0 Å². The average Bonchev–Trinajstić information content (AvgIpc) is 2.97. The monoisotopic (exact) mass is 276 g/mol. The van der Waals surface area contributed by atoms with E-state index in [0.29, 0.717) is 17.5 Å². The summed E-state index contributed by atoms with van der Waals surface area (Å²) in [6.45, 7) is 2.95. The summed E-state index contributed by atoms with van der Waals surface area (Å²) in [4.78, 5) is 14.6. The molecule has 1 aromatic carbocycles. The van der Waals surface area contributed by atoms with Crippen LogP contribution in [0.3, 0.4) is 0 Å². The van der Waals surface area contributed by atoms with Crippen LogP contribution in [0.1, 0.15) is 36.0 Å². The SMILES string of the molecule is O=C(c1ccc(F)cc1)N1CCCC1C1CCNCC1. The lowest BCUT2D eigenvalue weighted by Crippen LogP contribution is -2.43. The Hall–Kier alpha value is -1.42. The third kappa shape index (κ3) is 2.70. The van der Waals surface area contributed by atoms with E-state index in [4.69, 9.17) is 0 Å². The number of piperidine rings is 1. The summed E-state index contributed by atoms with van der Waals surface area (Å²) in [6.07, 6.45) is 4.49. The van der Waals surface area contributed by atoms with Crippen LogP contribution in [0.5, 0.6) is 0 Å². The molecular weight excluding hydrogens is 255 g/mol. The van der Waals surface area contributed by atoms with Crippen molar-refractivity contribution < 1.29 is 9.18 Å². The summed E-state index contributed by atoms with van der Waals surface area (Å²) in [7, 11) is 0. The number of carbonyl (C=O) groups excluding carboxylic acids is 1. The maximum atomic E-state index is 13.0. The summed E-state index contributed by atoms with van der Waals surface area (Å²) in [6, 6.07) is 6.28. The summed E-state index contributed by atoms with van der Waals surface area (Å²) < 4.78 is 13.0. The highest BCUT2D eigenvalue weighted by Crippen LogP contribution is 2.30. The second kappa shape index (κ2) is 5.92. The molecule has 2 heterocycles. The minimum atomic E-state index is -0.294. The Morgan fingerprint density at radius 3 is 2.55 bits per heavy atom. The highest BCUT2D eigenvalue weighted by Gasteiger charge is 2.35. The topological polar surface area (TPSA) is 32.3 Å². The van der Waals surface area contributed by atoms with E-state index in [1.165, 1.54) is 12.1 Å². The van der Waals surface area contributed by atoms with E-state index >= 15 is 0 Å². The summed E-state index contributed by atoms with van der Waals surface area (Å²) in [5.74, 6) is 0.382. The van der Waals surface area contributed by atoms with Crippen molar-refractivity contribution in [1.29, 1.82) is 0 Å². The molecule has 0 aromatic heterocycles. The summed E-state index contributed by atoms with van der Waals surface area (Å²) in [5, 5.41) is 3.38. The Morgan fingerprint density at radius 1 is 1.15 bits per heavy atom. The van der Waals surface area contributed by atoms with Crippen LogP contribution in [-0.2, 0) is 0 Å². The number of halogens is 1. The molecule has 3 rings (SSSR count). The van der Waals surface area contributed by atoms with Crippen molar-refractivity contribution in [2.24, 2.45) is 5.92 Å². The van der Waals surface area contributed by atoms with Gasteiger partial charge in [0.15, 0.2) is 0 Å². The fourth-order valence-electron chi connectivity index (χ4n) is 3.52. The van der Waals surface area contributed by atoms with Crippen LogP contribution in [0.2, 0.25) is 0 Å². The van der Waals surface area contributed by atoms with Crippen LogP contribution >= 0.6 is 0 Å². The van der Waals surface area contributed by atoms with Gasteiger partial charge in [0, 0.05) is 18.2 Å². The predicted octanol–water partition coefficient (Wildman–Crippen LogP) is 2.43. The predicted molar refractivity (Wildman–Crippen MR) is 76.1 cm³/mol. The molecule has 1 N–H and O–H groups in total. The van der Waals surface area contributed by atoms with E-state index in [1.54, 1.807) is 12.1 Å². The zero-order chi connectivity index (χ0) is 13.9. The van der Waals surface area contributed by atoms with E-state index in [1.807, 2.05) is 4.90 Å². The fourth-order valence-corrected chi connectivity index (χ4v) is 3.52. The Morgan fingerprint density at radius 2 is 1.85 bits per heavy atom. The van der Waals surface area contributed by atoms with Crippen LogP contribution in [-0.4, -0.2) is 36.5 Å². The van der Waals surface area contributed by atoms with E-state index < -0.39 is 0 Å². The van der Waals surface area contributed by atoms with Crippen molar-refractivity contribution >= 4 is 5.91 Å². The number of rotatable bonds is 2. The van der Waals surface area contributed by atoms with E-state index in [9.17, 15) is 9.18 Å². The largest absolute Gasteiger partial charge is 0.335 e. The third-order valence-electron chi connectivity index (χ3n) is 4.58. The number of likely N-dealkylation sites (tertiary alicyclic amines) is 1. The smallest absolute Gasteiger partial charge is 0.254 e. The molecular formula is C16H21FN2O. The number of amides is 1. The van der Waals surface area contributed by atoms with Gasteiger partial charge in [0.2, 0.25) is 0 Å². The molecule has 4 heteroatoms. The molecule has 108 valence electrons. The maximum absolute atomic E-state index is 13.0. The van der Waals surface area contributed by atoms with Crippen molar-refractivity contribution in [3.8, 4) is 0 Å². The molecule has 1 amide bonds. The molecule has 2 aliphatic heterocycles. The van der Waals surface area contributed by atoms with Gasteiger partial charge < -0.3 is 10.2 Å². The Labute approximate surface area is 119 Å². The van der Waals surface area contributed by atoms with Crippen molar-refractivity contribution in [2.75, 3.05) is 19.6 Å². The van der Waals surface area contributed by atoms with Gasteiger partial charge in [-0.25, -0.2) is 4.39 Å². The molecule has 2 fully saturated rings. The molecule has 0 spiro atoms. The summed E-state index contributed by atoms with van der Waals surface area (Å²) >= 11 is 0. The highest BCUT2D eigenvalue weighted by molar-refractivity contribution is 5.94. The molecule has 1 aromatic rings. The number of carbonyl (C=O) groups is 1. The van der Waals surface area contributed by atoms with Crippen molar-refractivity contribution in [2.45, 2.75) is 31.7 Å². The first-order chi connectivity index (χ1) is 9.75. The van der Waals surface area contributed by atoms with Crippen LogP contribution in [0.15, 0.2) is 24.3 Å². The lowest BCUT2D eigenvalue weighted by atomic mass is 9.88. The first-order valence-electron chi connectivity index (χ1n) is 7.53. The molecule has 1 unspecified atom stereocenters. The normalized spacial score (nSPS) is 24.1. The van der Waals surface area contributed by atoms with E-state index in [0.717, 1.165) is 45.3 Å². The molecule has 0 bridgehead atoms. The van der Waals surface area contributed by atoms with E-state index in [-0.39, 0.29) is 11.7 Å². The fraction of sp³-hybridized carbons (Fsp3) is 0.562. The highest BCUT2D eigenvalue weighted by atomic mass is 19.1. The van der Waals surface area contributed by atoms with Crippen molar-refractivity contribution in [3.05, 3.63) is 35.6 Å². The van der Waals surface area contributed by atoms with Crippen LogP contribution < -0.4 is 5.32 Å². The number of hydrogen-bond acceptors (Lipinski definition) is 2. The molecule has 20 heavy (non-hydrogen) atoms. The Kier molecular flexibility index (Phi) is 4.01. The van der Waals surface area contributed by atoms with Crippen LogP contribution in [0, 0.1) is 11.7 Å². The van der Waals surface area contributed by atoms with Crippen molar-refractivity contribution in [3.63, 3.8) is 0 Å². The number of benzene rings is 1. The molecule has 0 saturated carbocycles. The van der Waals surface area contributed by atoms with Gasteiger partial charge in [0.05, 0.1) is 0 Å². The van der Waals surface area contributed by atoms with Gasteiger partial charge in [-0.05, 0) is 69.0 Å². The maximum Gasteiger partial charge on any atom is 0.254 e. The molecule has 0 aliphatic carbocycles. The molecule has 0 radical (unpaired) electrons. The van der Waals surface area contributed by atoms with Gasteiger partial charge in [-0.3, -0.25) is 4.79 Å². The zero-order valence-electron chi connectivity index (χ0n) is 11.6. The number of nitrogens with one attached hydrogen (secondary N) is 1. The molecule has 3 nitrogen and oxygen atoms in total. The average molecular weight is 276 g/mol. The van der Waals surface area contributed by atoms with Gasteiger partial charge >= 0.3 is 0 Å². The quantitative estimate of drug-likeness (QED) is 0.900. The second-order valence-corrected chi connectivity index (χ2v) is 5.80. The standard InChI is InChI=1S/C16H21FN2O/c17-14-5-3-13(4-6-14)16(20)19-11-1-2-15(19)12-7-9-18-10-8-12/h3-6,12,15,18H,1-2,7-11H2. The van der Waals surface area contributed by atoms with Gasteiger partial charge in [0.1, 0.15) is 5.82 Å². The molecule has 2 saturated heterocycles. The third-order valence-corrected chi connectivity index (χ3v) is 4.58. The first kappa shape index (κ1) is 13.6. The zero-order valence-corrected chi connectivity index (χ0v) is 11.6. The number of nitrogens with zero attached hydrogens (tertiary/aromatic N) is 1. The Balaban J connectivity index is 1.74. The van der Waals surface area contributed by atoms with Crippen molar-refractivity contribution in [1.82, 2.24) is 10.2 Å². The minimum Gasteiger partial charge on any atom is -0.335 e. The van der Waals surface area contributed by atoms with Gasteiger partial charge in [-0.15, -0.1) is 0 Å². The molecule has 2 aliphatic rings. The minimum absolute atomic E-state index is 0.0611. The lowest BCUT2D eigenvalue weighted by molar-refractivity contribution is 0.0666. The Bertz CT molecular complexity index is 468. The van der Waals surface area contributed by atoms with Gasteiger partial charge in [-0.2, -0.15) is 0 Å². The van der Waals surface area contributed by atoms with Gasteiger partial charge in [-0.1, -0.05) is 0 Å². The summed E-state index contributed by atoms with van der Waals surface area (Å²) in [5.41, 5.74) is 0.604.